The Bertz CT molecular complexity index is 643. The number of rotatable bonds is 8. The molecule has 22 heavy (non-hydrogen) atoms. The molecule has 6 nitrogen and oxygen atoms in total. The largest absolute Gasteiger partial charge is 0.333 e. The van der Waals surface area contributed by atoms with Gasteiger partial charge in [-0.1, -0.05) is 13.8 Å². The molecular weight excluding hydrogens is 276 g/mol. The molecule has 6 heteroatoms. The highest BCUT2D eigenvalue weighted by Gasteiger charge is 2.13. The minimum atomic E-state index is 0.623. The third-order valence-electron chi connectivity index (χ3n) is 4.15. The van der Waals surface area contributed by atoms with Crippen molar-refractivity contribution in [2.24, 2.45) is 7.05 Å². The van der Waals surface area contributed by atoms with Crippen molar-refractivity contribution in [1.29, 1.82) is 5.26 Å². The molecule has 2 heterocycles. The predicted octanol–water partition coefficient (Wildman–Crippen LogP) is 1.71. The molecule has 0 fully saturated rings. The molecule has 0 saturated heterocycles. The van der Waals surface area contributed by atoms with Crippen LogP contribution in [0.2, 0.25) is 0 Å². The van der Waals surface area contributed by atoms with Crippen LogP contribution in [-0.2, 0) is 13.6 Å². The van der Waals surface area contributed by atoms with E-state index < -0.39 is 0 Å². The quantitative estimate of drug-likeness (QED) is 0.745. The third-order valence-corrected chi connectivity index (χ3v) is 4.15. The summed E-state index contributed by atoms with van der Waals surface area (Å²) in [5.41, 5.74) is 2.61. The van der Waals surface area contributed by atoms with Crippen LogP contribution in [0.25, 0.3) is 5.65 Å². The number of aryl methyl sites for hydroxylation is 1. The van der Waals surface area contributed by atoms with E-state index in [1.165, 1.54) is 0 Å². The highest BCUT2D eigenvalue weighted by molar-refractivity contribution is 5.55. The molecule has 2 rings (SSSR count). The van der Waals surface area contributed by atoms with Gasteiger partial charge < -0.3 is 14.4 Å². The van der Waals surface area contributed by atoms with Gasteiger partial charge in [-0.05, 0) is 39.6 Å². The van der Waals surface area contributed by atoms with E-state index in [1.807, 2.05) is 16.1 Å². The summed E-state index contributed by atoms with van der Waals surface area (Å²) in [7, 11) is 4.09. The molecule has 0 unspecified atom stereocenters. The molecule has 0 saturated carbocycles. The average molecular weight is 302 g/mol. The van der Waals surface area contributed by atoms with Crippen molar-refractivity contribution in [3.8, 4) is 6.07 Å². The van der Waals surface area contributed by atoms with Crippen LogP contribution < -0.4 is 0 Å². The van der Waals surface area contributed by atoms with Gasteiger partial charge in [0.05, 0.1) is 11.9 Å². The number of aromatic nitrogens is 3. The Kier molecular flexibility index (Phi) is 5.58. The van der Waals surface area contributed by atoms with Crippen molar-refractivity contribution in [2.75, 3.05) is 33.2 Å². The molecule has 0 amide bonds. The summed E-state index contributed by atoms with van der Waals surface area (Å²) in [6, 6.07) is 2.19. The molecule has 0 aromatic carbocycles. The molecule has 0 aliphatic rings. The summed E-state index contributed by atoms with van der Waals surface area (Å²) in [6.07, 6.45) is 4.86. The van der Waals surface area contributed by atoms with Crippen LogP contribution in [0, 0.1) is 11.3 Å². The summed E-state index contributed by atoms with van der Waals surface area (Å²) in [5.74, 6) is 0. The Morgan fingerprint density at radius 1 is 1.27 bits per heavy atom. The van der Waals surface area contributed by atoms with Crippen LogP contribution in [0.4, 0.5) is 0 Å². The summed E-state index contributed by atoms with van der Waals surface area (Å²) in [5, 5.41) is 13.5. The topological polar surface area (TPSA) is 52.5 Å². The minimum Gasteiger partial charge on any atom is -0.333 e. The minimum absolute atomic E-state index is 0.623. The van der Waals surface area contributed by atoms with Crippen LogP contribution in [0.3, 0.4) is 0 Å². The fraction of sp³-hybridized carbons (Fsp3) is 0.625. The SMILES string of the molecule is CCN(CC)CCCN(C)Cc1cn(C)c2c(C#N)cnn12. The predicted molar refractivity (Wildman–Crippen MR) is 87.6 cm³/mol. The van der Waals surface area contributed by atoms with Crippen LogP contribution in [0.15, 0.2) is 12.4 Å². The maximum atomic E-state index is 9.12. The zero-order valence-corrected chi connectivity index (χ0v) is 14.1. The lowest BCUT2D eigenvalue weighted by Gasteiger charge is -2.20. The average Bonchev–Trinajstić information content (AvgIpc) is 3.06. The number of hydrogen-bond acceptors (Lipinski definition) is 4. The van der Waals surface area contributed by atoms with Crippen molar-refractivity contribution in [1.82, 2.24) is 24.0 Å². The van der Waals surface area contributed by atoms with Crippen molar-refractivity contribution in [3.63, 3.8) is 0 Å². The fourth-order valence-corrected chi connectivity index (χ4v) is 2.88. The Hall–Kier alpha value is -1.84. The Balaban J connectivity index is 1.96. The van der Waals surface area contributed by atoms with Crippen molar-refractivity contribution in [3.05, 3.63) is 23.7 Å². The molecule has 0 aliphatic carbocycles. The van der Waals surface area contributed by atoms with Gasteiger partial charge in [0.1, 0.15) is 11.6 Å². The van der Waals surface area contributed by atoms with Crippen molar-refractivity contribution >= 4 is 5.65 Å². The Morgan fingerprint density at radius 2 is 2.00 bits per heavy atom. The lowest BCUT2D eigenvalue weighted by molar-refractivity contribution is 0.257. The lowest BCUT2D eigenvalue weighted by atomic mass is 10.3. The zero-order valence-electron chi connectivity index (χ0n) is 14.1. The number of nitriles is 1. The van der Waals surface area contributed by atoms with E-state index in [0.717, 1.165) is 50.5 Å². The molecule has 2 aromatic heterocycles. The molecule has 0 atom stereocenters. The standard InChI is InChI=1S/C16H26N6/c1-5-21(6-2)9-7-8-19(3)12-15-13-20(4)16-14(10-17)11-18-22(15)16/h11,13H,5-9,12H2,1-4H3. The second-order valence-corrected chi connectivity index (χ2v) is 5.76. The second-order valence-electron chi connectivity index (χ2n) is 5.76. The molecule has 120 valence electrons. The normalized spacial score (nSPS) is 11.7. The van der Waals surface area contributed by atoms with E-state index in [2.05, 4.69) is 48.1 Å². The van der Waals surface area contributed by atoms with Crippen LogP contribution >= 0.6 is 0 Å². The van der Waals surface area contributed by atoms with Gasteiger partial charge in [-0.25, -0.2) is 4.52 Å². The molecule has 2 aromatic rings. The summed E-state index contributed by atoms with van der Waals surface area (Å²) >= 11 is 0. The van der Waals surface area contributed by atoms with Gasteiger partial charge in [-0.3, -0.25) is 0 Å². The molecule has 0 aliphatic heterocycles. The van der Waals surface area contributed by atoms with E-state index >= 15 is 0 Å². The number of hydrogen-bond donors (Lipinski definition) is 0. The van der Waals surface area contributed by atoms with Gasteiger partial charge in [0, 0.05) is 19.8 Å². The number of imidazole rings is 1. The first kappa shape index (κ1) is 16.5. The maximum Gasteiger partial charge on any atom is 0.153 e. The van der Waals surface area contributed by atoms with Gasteiger partial charge in [0.15, 0.2) is 5.65 Å². The Morgan fingerprint density at radius 3 is 2.64 bits per heavy atom. The van der Waals surface area contributed by atoms with Gasteiger partial charge in [0.2, 0.25) is 0 Å². The highest BCUT2D eigenvalue weighted by Crippen LogP contribution is 2.14. The van der Waals surface area contributed by atoms with Crippen LogP contribution in [0.5, 0.6) is 0 Å². The third kappa shape index (κ3) is 3.49. The summed E-state index contributed by atoms with van der Waals surface area (Å²) < 4.78 is 3.85. The van der Waals surface area contributed by atoms with Crippen LogP contribution in [-0.4, -0.2) is 57.2 Å². The van der Waals surface area contributed by atoms with E-state index in [-0.39, 0.29) is 0 Å². The number of fused-ring (bicyclic) bond motifs is 1. The summed E-state index contributed by atoms with van der Waals surface area (Å²) in [6.45, 7) is 9.67. The first-order valence-electron chi connectivity index (χ1n) is 7.93. The van der Waals surface area contributed by atoms with Crippen molar-refractivity contribution < 1.29 is 0 Å². The molecule has 0 spiro atoms. The first-order chi connectivity index (χ1) is 10.6. The van der Waals surface area contributed by atoms with E-state index in [4.69, 9.17) is 5.26 Å². The Labute approximate surface area is 132 Å². The lowest BCUT2D eigenvalue weighted by Crippen LogP contribution is -2.28. The summed E-state index contributed by atoms with van der Waals surface area (Å²) in [4.78, 5) is 4.76. The molecule has 0 radical (unpaired) electrons. The molecule has 0 bridgehead atoms. The molecular formula is C16H26N6. The van der Waals surface area contributed by atoms with E-state index in [1.54, 1.807) is 6.20 Å². The van der Waals surface area contributed by atoms with E-state index in [0.29, 0.717) is 5.56 Å². The van der Waals surface area contributed by atoms with Gasteiger partial charge in [-0.2, -0.15) is 10.4 Å². The maximum absolute atomic E-state index is 9.12. The van der Waals surface area contributed by atoms with Gasteiger partial charge >= 0.3 is 0 Å². The smallest absolute Gasteiger partial charge is 0.153 e. The van der Waals surface area contributed by atoms with Gasteiger partial charge in [-0.15, -0.1) is 0 Å². The highest BCUT2D eigenvalue weighted by atomic mass is 15.3. The second kappa shape index (κ2) is 7.43. The molecule has 0 N–H and O–H groups in total. The zero-order chi connectivity index (χ0) is 16.1. The monoisotopic (exact) mass is 302 g/mol. The van der Waals surface area contributed by atoms with Crippen LogP contribution in [0.1, 0.15) is 31.5 Å². The fourth-order valence-electron chi connectivity index (χ4n) is 2.88. The first-order valence-corrected chi connectivity index (χ1v) is 7.93. The van der Waals surface area contributed by atoms with Crippen molar-refractivity contribution in [2.45, 2.75) is 26.8 Å². The van der Waals surface area contributed by atoms with Gasteiger partial charge in [0.25, 0.3) is 0 Å². The number of nitrogens with zero attached hydrogens (tertiary/aromatic N) is 6. The van der Waals surface area contributed by atoms with E-state index in [9.17, 15) is 0 Å².